The maximum absolute atomic E-state index is 12.8. The Bertz CT molecular complexity index is 773. The van der Waals surface area contributed by atoms with Gasteiger partial charge in [0.05, 0.1) is 5.92 Å². The Hall–Kier alpha value is -1.95. The molecule has 3 aliphatic heterocycles. The zero-order valence-electron chi connectivity index (χ0n) is 14.2. The first-order chi connectivity index (χ1) is 12.3. The molecule has 1 aromatic carbocycles. The van der Waals surface area contributed by atoms with Crippen molar-refractivity contribution in [3.8, 4) is 10.6 Å². The lowest BCUT2D eigenvalue weighted by atomic mass is 9.94. The predicted octanol–water partition coefficient (Wildman–Crippen LogP) is 3.04. The molecule has 6 rings (SSSR count). The van der Waals surface area contributed by atoms with Crippen molar-refractivity contribution in [1.29, 1.82) is 0 Å². The van der Waals surface area contributed by atoms with E-state index in [-0.39, 0.29) is 5.92 Å². The van der Waals surface area contributed by atoms with Crippen LogP contribution < -0.4 is 4.90 Å². The average Bonchev–Trinajstić information content (AvgIpc) is 3.40. The van der Waals surface area contributed by atoms with E-state index in [0.29, 0.717) is 11.9 Å². The van der Waals surface area contributed by atoms with Crippen molar-refractivity contribution in [3.05, 3.63) is 30.3 Å². The highest BCUT2D eigenvalue weighted by Gasteiger charge is 2.43. The third-order valence-corrected chi connectivity index (χ3v) is 6.68. The summed E-state index contributed by atoms with van der Waals surface area (Å²) in [4.78, 5) is 17.3. The Kier molecular flexibility index (Phi) is 3.73. The second-order valence-corrected chi connectivity index (χ2v) is 8.48. The van der Waals surface area contributed by atoms with E-state index >= 15 is 0 Å². The minimum absolute atomic E-state index is 0.126. The fourth-order valence-electron chi connectivity index (χ4n) is 4.06. The Morgan fingerprint density at radius 3 is 2.68 bits per heavy atom. The highest BCUT2D eigenvalue weighted by molar-refractivity contribution is 7.18. The molecular weight excluding hydrogens is 332 g/mol. The number of carbonyl (C=O) groups is 1. The van der Waals surface area contributed by atoms with E-state index in [9.17, 15) is 4.79 Å². The van der Waals surface area contributed by atoms with Crippen molar-refractivity contribution in [2.45, 2.75) is 31.7 Å². The molecule has 4 fully saturated rings. The van der Waals surface area contributed by atoms with Gasteiger partial charge in [0, 0.05) is 31.2 Å². The summed E-state index contributed by atoms with van der Waals surface area (Å²) in [6, 6.07) is 10.5. The number of piperidine rings is 1. The second-order valence-electron chi connectivity index (χ2n) is 7.52. The van der Waals surface area contributed by atoms with Gasteiger partial charge in [-0.05, 0) is 31.6 Å². The second kappa shape index (κ2) is 6.09. The van der Waals surface area contributed by atoms with Crippen LogP contribution in [-0.2, 0) is 4.79 Å². The van der Waals surface area contributed by atoms with E-state index in [4.69, 9.17) is 0 Å². The molecule has 3 saturated heterocycles. The lowest BCUT2D eigenvalue weighted by Crippen LogP contribution is -2.48. The van der Waals surface area contributed by atoms with Gasteiger partial charge in [-0.25, -0.2) is 0 Å². The number of aromatic nitrogens is 2. The van der Waals surface area contributed by atoms with E-state index < -0.39 is 0 Å². The average molecular weight is 354 g/mol. The molecule has 130 valence electrons. The molecular formula is C19H22N4OS. The van der Waals surface area contributed by atoms with Gasteiger partial charge in [0.15, 0.2) is 0 Å². The molecule has 4 aliphatic rings. The van der Waals surface area contributed by atoms with Gasteiger partial charge < -0.3 is 9.80 Å². The molecule has 0 N–H and O–H groups in total. The molecule has 2 aromatic rings. The largest absolute Gasteiger partial charge is 0.344 e. The number of carbonyl (C=O) groups excluding carboxylic acids is 1. The molecule has 4 heterocycles. The fraction of sp³-hybridized carbons (Fsp3) is 0.526. The molecule has 1 aliphatic carbocycles. The maximum atomic E-state index is 12.8. The quantitative estimate of drug-likeness (QED) is 0.847. The van der Waals surface area contributed by atoms with Crippen LogP contribution in [0.15, 0.2) is 30.3 Å². The monoisotopic (exact) mass is 354 g/mol. The van der Waals surface area contributed by atoms with Crippen LogP contribution in [0.4, 0.5) is 5.13 Å². The molecule has 6 heteroatoms. The zero-order chi connectivity index (χ0) is 16.8. The Morgan fingerprint density at radius 2 is 1.88 bits per heavy atom. The molecule has 2 bridgehead atoms. The van der Waals surface area contributed by atoms with Crippen molar-refractivity contribution in [3.63, 3.8) is 0 Å². The van der Waals surface area contributed by atoms with Crippen LogP contribution in [0.3, 0.4) is 0 Å². The summed E-state index contributed by atoms with van der Waals surface area (Å²) in [6.07, 6.45) is 4.74. The van der Waals surface area contributed by atoms with E-state index in [1.165, 1.54) is 12.8 Å². The van der Waals surface area contributed by atoms with Gasteiger partial charge in [-0.1, -0.05) is 41.7 Å². The summed E-state index contributed by atoms with van der Waals surface area (Å²) < 4.78 is 0. The molecule has 5 nitrogen and oxygen atoms in total. The SMILES string of the molecule is O=C1C2CCC(CN(c3nnc(-c4ccccc4)s3)C2)N1CC1CC1. The standard InChI is InChI=1S/C19H22N4OS/c24-18-15-8-9-16(23(18)10-13-6-7-13)12-22(11-15)19-21-20-17(25-19)14-4-2-1-3-5-14/h1-5,13,15-16H,6-12H2. The first-order valence-electron chi connectivity index (χ1n) is 9.22. The number of fused-ring (bicyclic) bond motifs is 4. The number of benzene rings is 1. The van der Waals surface area contributed by atoms with E-state index in [1.54, 1.807) is 11.3 Å². The molecule has 1 saturated carbocycles. The van der Waals surface area contributed by atoms with Crippen molar-refractivity contribution in [1.82, 2.24) is 15.1 Å². The van der Waals surface area contributed by atoms with E-state index in [0.717, 1.165) is 54.1 Å². The van der Waals surface area contributed by atoms with Gasteiger partial charge in [0.1, 0.15) is 5.01 Å². The number of amides is 1. The summed E-state index contributed by atoms with van der Waals surface area (Å²) in [7, 11) is 0. The van der Waals surface area contributed by atoms with Gasteiger partial charge in [0.2, 0.25) is 11.0 Å². The number of hydrogen-bond donors (Lipinski definition) is 0. The summed E-state index contributed by atoms with van der Waals surface area (Å²) in [5.74, 6) is 1.25. The molecule has 25 heavy (non-hydrogen) atoms. The number of nitrogens with zero attached hydrogens (tertiary/aromatic N) is 4. The lowest BCUT2D eigenvalue weighted by Gasteiger charge is -2.36. The third kappa shape index (κ3) is 2.92. The van der Waals surface area contributed by atoms with Crippen molar-refractivity contribution < 1.29 is 4.79 Å². The Balaban J connectivity index is 1.38. The topological polar surface area (TPSA) is 49.3 Å². The van der Waals surface area contributed by atoms with Crippen LogP contribution in [0.1, 0.15) is 25.7 Å². The third-order valence-electron chi connectivity index (χ3n) is 5.65. The van der Waals surface area contributed by atoms with Crippen LogP contribution in [-0.4, -0.2) is 46.7 Å². The fourth-order valence-corrected chi connectivity index (χ4v) is 4.92. The van der Waals surface area contributed by atoms with Crippen LogP contribution >= 0.6 is 11.3 Å². The number of hydrogen-bond acceptors (Lipinski definition) is 5. The van der Waals surface area contributed by atoms with Gasteiger partial charge in [0.25, 0.3) is 0 Å². The molecule has 1 aromatic heterocycles. The highest BCUT2D eigenvalue weighted by Crippen LogP contribution is 2.37. The molecule has 2 unspecified atom stereocenters. The smallest absolute Gasteiger partial charge is 0.227 e. The summed E-state index contributed by atoms with van der Waals surface area (Å²) in [6.45, 7) is 2.66. The van der Waals surface area contributed by atoms with Crippen LogP contribution in [0.5, 0.6) is 0 Å². The first kappa shape index (κ1) is 15.3. The molecule has 0 radical (unpaired) electrons. The zero-order valence-corrected chi connectivity index (χ0v) is 15.0. The minimum Gasteiger partial charge on any atom is -0.344 e. The van der Waals surface area contributed by atoms with E-state index in [2.05, 4.69) is 32.1 Å². The van der Waals surface area contributed by atoms with E-state index in [1.807, 2.05) is 18.2 Å². The number of rotatable bonds is 4. The van der Waals surface area contributed by atoms with Crippen molar-refractivity contribution in [2.24, 2.45) is 11.8 Å². The normalized spacial score (nSPS) is 26.2. The summed E-state index contributed by atoms with van der Waals surface area (Å²) >= 11 is 1.64. The van der Waals surface area contributed by atoms with Crippen LogP contribution in [0.2, 0.25) is 0 Å². The first-order valence-corrected chi connectivity index (χ1v) is 10.0. The van der Waals surface area contributed by atoms with Crippen molar-refractivity contribution in [2.75, 3.05) is 24.5 Å². The maximum Gasteiger partial charge on any atom is 0.227 e. The summed E-state index contributed by atoms with van der Waals surface area (Å²) in [5, 5.41) is 10.7. The predicted molar refractivity (Wildman–Crippen MR) is 98.5 cm³/mol. The molecule has 2 atom stereocenters. The van der Waals surface area contributed by atoms with Gasteiger partial charge in [-0.2, -0.15) is 0 Å². The van der Waals surface area contributed by atoms with Gasteiger partial charge in [-0.3, -0.25) is 4.79 Å². The minimum atomic E-state index is 0.126. The summed E-state index contributed by atoms with van der Waals surface area (Å²) in [5.41, 5.74) is 1.11. The van der Waals surface area contributed by atoms with Crippen LogP contribution in [0.25, 0.3) is 10.6 Å². The van der Waals surface area contributed by atoms with Gasteiger partial charge >= 0.3 is 0 Å². The Labute approximate surface area is 151 Å². The lowest BCUT2D eigenvalue weighted by molar-refractivity contribution is -0.140. The van der Waals surface area contributed by atoms with Gasteiger partial charge in [-0.15, -0.1) is 10.2 Å². The van der Waals surface area contributed by atoms with Crippen molar-refractivity contribution >= 4 is 22.4 Å². The number of anilines is 1. The molecule has 0 spiro atoms. The molecule has 1 amide bonds. The highest BCUT2D eigenvalue weighted by atomic mass is 32.1. The van der Waals surface area contributed by atoms with Crippen LogP contribution in [0, 0.1) is 11.8 Å². The Morgan fingerprint density at radius 1 is 1.04 bits per heavy atom.